The third-order valence-electron chi connectivity index (χ3n) is 7.16. The number of rotatable bonds is 6. The summed E-state index contributed by atoms with van der Waals surface area (Å²) in [6, 6.07) is 7.22. The van der Waals surface area contributed by atoms with Crippen LogP contribution in [0.1, 0.15) is 81.3 Å². The first-order valence-electron chi connectivity index (χ1n) is 11.5. The summed E-state index contributed by atoms with van der Waals surface area (Å²) in [4.78, 5) is 0. The van der Waals surface area contributed by atoms with E-state index in [1.807, 2.05) is 6.08 Å². The van der Waals surface area contributed by atoms with Gasteiger partial charge in [-0.1, -0.05) is 37.1 Å². The Bertz CT molecular complexity index is 784. The average molecular weight is 434 g/mol. The molecule has 0 atom stereocenters. The molecule has 5 heteroatoms. The van der Waals surface area contributed by atoms with Gasteiger partial charge >= 0.3 is 6.18 Å². The maximum Gasteiger partial charge on any atom is 0.416 e. The van der Waals surface area contributed by atoms with Gasteiger partial charge in [0.1, 0.15) is 6.07 Å². The Morgan fingerprint density at radius 1 is 0.903 bits per heavy atom. The summed E-state index contributed by atoms with van der Waals surface area (Å²) in [5, 5.41) is 8.42. The topological polar surface area (TPSA) is 23.8 Å². The van der Waals surface area contributed by atoms with Crippen molar-refractivity contribution in [2.45, 2.75) is 76.3 Å². The third kappa shape index (κ3) is 7.23. The molecule has 168 valence electrons. The average Bonchev–Trinajstić information content (AvgIpc) is 2.78. The summed E-state index contributed by atoms with van der Waals surface area (Å²) in [7, 11) is 0. The van der Waals surface area contributed by atoms with Gasteiger partial charge in [0.2, 0.25) is 0 Å². The highest BCUT2D eigenvalue weighted by atomic mass is 19.4. The molecule has 2 fully saturated rings. The third-order valence-corrected chi connectivity index (χ3v) is 7.16. The van der Waals surface area contributed by atoms with Gasteiger partial charge in [-0.3, -0.25) is 0 Å². The fraction of sp³-hybridized carbons (Fsp3) is 0.577. The molecule has 0 unspecified atom stereocenters. The van der Waals surface area contributed by atoms with Crippen LogP contribution in [-0.2, 0) is 6.18 Å². The van der Waals surface area contributed by atoms with E-state index < -0.39 is 17.6 Å². The van der Waals surface area contributed by atoms with Crippen molar-refractivity contribution in [1.82, 2.24) is 0 Å². The zero-order valence-corrected chi connectivity index (χ0v) is 17.9. The van der Waals surface area contributed by atoms with Crippen LogP contribution in [0.3, 0.4) is 0 Å². The van der Waals surface area contributed by atoms with Crippen LogP contribution in [0.15, 0.2) is 48.3 Å². The number of hydrogen-bond donors (Lipinski definition) is 0. The van der Waals surface area contributed by atoms with Crippen LogP contribution in [0.4, 0.5) is 17.6 Å². The van der Waals surface area contributed by atoms with Crippen molar-refractivity contribution < 1.29 is 17.6 Å². The predicted octanol–water partition coefficient (Wildman–Crippen LogP) is 8.50. The number of hydrogen-bond acceptors (Lipinski definition) is 1. The molecule has 0 aliphatic heterocycles. The molecule has 2 aliphatic carbocycles. The Morgan fingerprint density at radius 3 is 1.97 bits per heavy atom. The van der Waals surface area contributed by atoms with Gasteiger partial charge in [-0.25, -0.2) is 0 Å². The van der Waals surface area contributed by atoms with E-state index in [1.54, 1.807) is 18.2 Å². The standard InChI is InChI=1S/C26H31F4N/c27-25(18-31)3-1-2-19-4-6-20(7-5-19)8-9-21-10-12-22(13-11-21)23-14-16-24(17-15-23)26(28,29)30/h1-3,14-17,19-22H,4-13H2/b2-1+,25-3-/t19-,20-,21-,22-. The second-order valence-corrected chi connectivity index (χ2v) is 9.21. The van der Waals surface area contributed by atoms with Crippen molar-refractivity contribution in [3.8, 4) is 6.07 Å². The number of nitriles is 1. The summed E-state index contributed by atoms with van der Waals surface area (Å²) in [5.74, 6) is 1.63. The minimum absolute atomic E-state index is 0.390. The largest absolute Gasteiger partial charge is 0.416 e. The monoisotopic (exact) mass is 433 g/mol. The first-order valence-corrected chi connectivity index (χ1v) is 11.5. The van der Waals surface area contributed by atoms with E-state index in [0.29, 0.717) is 11.8 Å². The highest BCUT2D eigenvalue weighted by Crippen LogP contribution is 2.40. The highest BCUT2D eigenvalue weighted by molar-refractivity contribution is 5.27. The molecule has 3 rings (SSSR count). The van der Waals surface area contributed by atoms with Crippen LogP contribution >= 0.6 is 0 Å². The lowest BCUT2D eigenvalue weighted by atomic mass is 9.74. The van der Waals surface area contributed by atoms with Crippen molar-refractivity contribution >= 4 is 0 Å². The number of alkyl halides is 3. The van der Waals surface area contributed by atoms with Crippen molar-refractivity contribution in [2.75, 3.05) is 0 Å². The van der Waals surface area contributed by atoms with E-state index in [2.05, 4.69) is 0 Å². The van der Waals surface area contributed by atoms with Gasteiger partial charge in [-0.05, 0) is 98.8 Å². The van der Waals surface area contributed by atoms with E-state index in [0.717, 1.165) is 43.1 Å². The molecule has 0 saturated heterocycles. The van der Waals surface area contributed by atoms with Gasteiger partial charge in [-0.2, -0.15) is 22.8 Å². The molecule has 2 saturated carbocycles. The van der Waals surface area contributed by atoms with Crippen LogP contribution in [-0.4, -0.2) is 0 Å². The van der Waals surface area contributed by atoms with E-state index in [4.69, 9.17) is 5.26 Å². The van der Waals surface area contributed by atoms with Gasteiger partial charge < -0.3 is 0 Å². The van der Waals surface area contributed by atoms with Gasteiger partial charge in [0, 0.05) is 0 Å². The summed E-state index contributed by atoms with van der Waals surface area (Å²) < 4.78 is 51.0. The van der Waals surface area contributed by atoms with Gasteiger partial charge in [0.05, 0.1) is 5.56 Å². The Kier molecular flexibility index (Phi) is 8.35. The summed E-state index contributed by atoms with van der Waals surface area (Å²) in [5.41, 5.74) is 0.475. The summed E-state index contributed by atoms with van der Waals surface area (Å²) in [6.07, 6.45) is 12.3. The Morgan fingerprint density at radius 2 is 1.45 bits per heavy atom. The molecule has 0 heterocycles. The van der Waals surface area contributed by atoms with Crippen molar-refractivity contribution in [3.63, 3.8) is 0 Å². The molecule has 1 aromatic rings. The van der Waals surface area contributed by atoms with Gasteiger partial charge in [0.15, 0.2) is 5.83 Å². The molecular formula is C26H31F4N. The van der Waals surface area contributed by atoms with Crippen LogP contribution in [0, 0.1) is 29.1 Å². The SMILES string of the molecule is N#C/C(F)=C/C=C/[C@H]1CC[C@H](CC[C@H]2CC[C@H](c3ccc(C(F)(F)F)cc3)CC2)CC1. The number of halogens is 4. The van der Waals surface area contributed by atoms with Crippen molar-refractivity contribution in [2.24, 2.45) is 17.8 Å². The van der Waals surface area contributed by atoms with E-state index in [9.17, 15) is 17.6 Å². The quantitative estimate of drug-likeness (QED) is 0.251. The molecule has 0 amide bonds. The number of benzene rings is 1. The maximum atomic E-state index is 12.8. The van der Waals surface area contributed by atoms with E-state index in [1.165, 1.54) is 62.8 Å². The highest BCUT2D eigenvalue weighted by Gasteiger charge is 2.31. The fourth-order valence-corrected chi connectivity index (χ4v) is 5.20. The van der Waals surface area contributed by atoms with Crippen LogP contribution in [0.2, 0.25) is 0 Å². The minimum atomic E-state index is -4.27. The Labute approximate surface area is 182 Å². The van der Waals surface area contributed by atoms with Crippen LogP contribution in [0.5, 0.6) is 0 Å². The Balaban J connectivity index is 1.35. The predicted molar refractivity (Wildman–Crippen MR) is 115 cm³/mol. The lowest BCUT2D eigenvalue weighted by Gasteiger charge is -2.31. The first kappa shape index (κ1) is 23.6. The van der Waals surface area contributed by atoms with E-state index in [-0.39, 0.29) is 0 Å². The lowest BCUT2D eigenvalue weighted by molar-refractivity contribution is -0.137. The molecule has 0 aromatic heterocycles. The Hall–Kier alpha value is -2.09. The zero-order chi connectivity index (χ0) is 22.3. The van der Waals surface area contributed by atoms with Crippen molar-refractivity contribution in [1.29, 1.82) is 5.26 Å². The van der Waals surface area contributed by atoms with Crippen LogP contribution in [0.25, 0.3) is 0 Å². The summed E-state index contributed by atoms with van der Waals surface area (Å²) >= 11 is 0. The molecule has 0 radical (unpaired) electrons. The maximum absolute atomic E-state index is 12.8. The second kappa shape index (κ2) is 11.0. The fourth-order valence-electron chi connectivity index (χ4n) is 5.20. The molecule has 0 bridgehead atoms. The molecule has 0 N–H and O–H groups in total. The minimum Gasteiger partial charge on any atom is -0.195 e. The van der Waals surface area contributed by atoms with Gasteiger partial charge in [0.25, 0.3) is 0 Å². The van der Waals surface area contributed by atoms with Crippen LogP contribution < -0.4 is 0 Å². The second-order valence-electron chi connectivity index (χ2n) is 9.21. The van der Waals surface area contributed by atoms with Crippen molar-refractivity contribution in [3.05, 3.63) is 59.4 Å². The first-order chi connectivity index (χ1) is 14.8. The lowest BCUT2D eigenvalue weighted by Crippen LogP contribution is -2.17. The normalized spacial score (nSPS) is 27.9. The molecule has 1 aromatic carbocycles. The molecule has 0 spiro atoms. The number of allylic oxidation sites excluding steroid dienone is 4. The molecular weight excluding hydrogens is 402 g/mol. The zero-order valence-electron chi connectivity index (χ0n) is 17.9. The van der Waals surface area contributed by atoms with Gasteiger partial charge in [-0.15, -0.1) is 0 Å². The molecule has 2 aliphatic rings. The number of nitrogens with zero attached hydrogens (tertiary/aromatic N) is 1. The molecule has 31 heavy (non-hydrogen) atoms. The van der Waals surface area contributed by atoms with E-state index >= 15 is 0 Å². The smallest absolute Gasteiger partial charge is 0.195 e. The molecule has 1 nitrogen and oxygen atoms in total. The summed E-state index contributed by atoms with van der Waals surface area (Å²) in [6.45, 7) is 0.